The SMILES string of the molecule is CC(CO)=C1CCc2ccc(cc2)C2C=CC(c3cccc4c3CCC3CCCC5C=Cc6ccccc6C453)CC2CC(=O)OC2c3c(ccc4c(CO)c(C(CCO)COCO)c(=O)oc34)OC3(CC=CC4C5C=Cc6ccccc6C5CC43)C2OC1=O. The molecule has 458 valence electrons. The van der Waals surface area contributed by atoms with Gasteiger partial charge in [-0.2, -0.15) is 0 Å². The van der Waals surface area contributed by atoms with Gasteiger partial charge in [-0.25, -0.2) is 9.59 Å². The summed E-state index contributed by atoms with van der Waals surface area (Å²) in [7, 11) is 0. The van der Waals surface area contributed by atoms with Crippen LogP contribution in [0.5, 0.6) is 5.75 Å². The summed E-state index contributed by atoms with van der Waals surface area (Å²) in [5.74, 6) is -1.34. The first-order valence-electron chi connectivity index (χ1n) is 32.6. The van der Waals surface area contributed by atoms with Gasteiger partial charge in [0.25, 0.3) is 0 Å². The molecule has 6 aromatic rings. The van der Waals surface area contributed by atoms with Gasteiger partial charge in [-0.15, -0.1) is 0 Å². The molecular weight excluding hydrogens is 1120 g/mol. The molecule has 0 saturated heterocycles. The number of rotatable bonds is 9. The molecule has 12 nitrogen and oxygen atoms in total. The Labute approximate surface area is 519 Å². The van der Waals surface area contributed by atoms with Crippen molar-refractivity contribution < 1.29 is 53.4 Å². The first-order valence-corrected chi connectivity index (χ1v) is 32.6. The van der Waals surface area contributed by atoms with Gasteiger partial charge in [0.1, 0.15) is 18.1 Å². The summed E-state index contributed by atoms with van der Waals surface area (Å²) in [4.78, 5) is 46.5. The normalized spacial score (nSPS) is 31.3. The van der Waals surface area contributed by atoms with Gasteiger partial charge in [-0.05, 0) is 174 Å². The van der Waals surface area contributed by atoms with Crippen LogP contribution in [0.3, 0.4) is 0 Å². The minimum absolute atomic E-state index is 0.00121. The first kappa shape index (κ1) is 58.0. The van der Waals surface area contributed by atoms with E-state index in [9.17, 15) is 25.2 Å². The second kappa shape index (κ2) is 23.4. The molecular formula is C77H78O12. The van der Waals surface area contributed by atoms with E-state index in [1.165, 1.54) is 46.2 Å². The Morgan fingerprint density at radius 3 is 2.39 bits per heavy atom. The number of allylic oxidation sites excluding steroid dienone is 5. The zero-order chi connectivity index (χ0) is 60.7. The number of ether oxygens (including phenoxy) is 4. The molecule has 12 heteroatoms. The molecule has 14 atom stereocenters. The summed E-state index contributed by atoms with van der Waals surface area (Å²) < 4.78 is 33.9. The van der Waals surface area contributed by atoms with E-state index >= 15 is 9.59 Å². The summed E-state index contributed by atoms with van der Waals surface area (Å²) in [6.45, 7) is -0.348. The molecule has 2 spiro atoms. The number of benzene rings is 5. The highest BCUT2D eigenvalue weighted by atomic mass is 16.6. The van der Waals surface area contributed by atoms with Crippen LogP contribution in [0.1, 0.15) is 168 Å². The lowest BCUT2D eigenvalue weighted by Crippen LogP contribution is -2.61. The summed E-state index contributed by atoms with van der Waals surface area (Å²) in [5.41, 5.74) is 10.4. The number of aryl methyl sites for hydroxylation is 1. The molecule has 0 radical (unpaired) electrons. The predicted octanol–water partition coefficient (Wildman–Crippen LogP) is 12.8. The fourth-order valence-corrected chi connectivity index (χ4v) is 18.9. The van der Waals surface area contributed by atoms with Crippen molar-refractivity contribution in [2.75, 3.05) is 26.6 Å². The third kappa shape index (κ3) is 9.43. The molecule has 1 aromatic heterocycles. The van der Waals surface area contributed by atoms with Gasteiger partial charge in [0.2, 0.25) is 0 Å². The zero-order valence-corrected chi connectivity index (χ0v) is 50.4. The molecule has 89 heavy (non-hydrogen) atoms. The minimum atomic E-state index is -1.41. The maximum Gasteiger partial charge on any atom is 0.340 e. The van der Waals surface area contributed by atoms with Crippen LogP contribution in [0.2, 0.25) is 0 Å². The monoisotopic (exact) mass is 1190 g/mol. The van der Waals surface area contributed by atoms with Gasteiger partial charge in [-0.1, -0.05) is 146 Å². The van der Waals surface area contributed by atoms with Crippen LogP contribution in [-0.2, 0) is 48.7 Å². The van der Waals surface area contributed by atoms with Crippen LogP contribution in [-0.4, -0.2) is 70.7 Å². The minimum Gasteiger partial charge on any atom is -0.482 e. The quantitative estimate of drug-likeness (QED) is 0.0354. The Morgan fingerprint density at radius 1 is 0.753 bits per heavy atom. The van der Waals surface area contributed by atoms with Crippen molar-refractivity contribution in [1.29, 1.82) is 0 Å². The van der Waals surface area contributed by atoms with Crippen molar-refractivity contribution in [2.24, 2.45) is 35.5 Å². The molecule has 2 bridgehead atoms. The molecule has 3 aliphatic heterocycles. The maximum atomic E-state index is 16.1. The Balaban J connectivity index is 0.885. The van der Waals surface area contributed by atoms with Crippen molar-refractivity contribution in [2.45, 2.75) is 137 Å². The molecule has 14 unspecified atom stereocenters. The largest absolute Gasteiger partial charge is 0.482 e. The third-order valence-electron chi connectivity index (χ3n) is 22.8. The van der Waals surface area contributed by atoms with E-state index < -0.39 is 61.3 Å². The lowest BCUT2D eigenvalue weighted by atomic mass is 9.48. The van der Waals surface area contributed by atoms with Gasteiger partial charge in [0.15, 0.2) is 17.8 Å². The highest BCUT2D eigenvalue weighted by Crippen LogP contribution is 2.64. The Morgan fingerprint density at radius 2 is 1.56 bits per heavy atom. The van der Waals surface area contributed by atoms with Gasteiger partial charge in [0, 0.05) is 65.1 Å². The molecule has 10 aliphatic rings. The summed E-state index contributed by atoms with van der Waals surface area (Å²) in [6.07, 6.45) is 23.8. The summed E-state index contributed by atoms with van der Waals surface area (Å²) in [5, 5.41) is 42.5. The Hall–Kier alpha value is -7.45. The maximum absolute atomic E-state index is 16.1. The standard InChI is InChI=1S/C77H78O12/c1-44(40-79)54-28-20-45-18-21-47(22-19-45)55-29-25-49(57-14-7-17-65-60(57)31-27-53-12-6-11-52-26-23-48-10-3-5-16-64(48)77(52,53)65)37-51(55)38-68(82)86-72-70-67(33-32-61-63(41-80)69(75(84)87-71(61)70)50(34-36-78)42-85-43-81)89-76(73(72)88-74(54)83)35-8-15-59-58-30-24-46-9-2-4-13-56(46)62(58)39-66(59)76/h2-5,7-10,13-19,21-26,29-30,32-33,49-53,55,58-59,62,66,72-73,78-81H,6,11-12,20,27-28,31,34-43H2,1H3. The van der Waals surface area contributed by atoms with E-state index in [0.717, 1.165) is 36.0 Å². The van der Waals surface area contributed by atoms with Crippen LogP contribution in [0, 0.1) is 35.5 Å². The highest BCUT2D eigenvalue weighted by molar-refractivity contribution is 5.91. The van der Waals surface area contributed by atoms with Crippen molar-refractivity contribution in [3.63, 3.8) is 0 Å². The molecule has 2 fully saturated rings. The zero-order valence-electron chi connectivity index (χ0n) is 50.4. The van der Waals surface area contributed by atoms with Crippen LogP contribution in [0.15, 0.2) is 160 Å². The average molecular weight is 1200 g/mol. The highest BCUT2D eigenvalue weighted by Gasteiger charge is 2.65. The predicted molar refractivity (Wildman–Crippen MR) is 339 cm³/mol. The number of hydrogen-bond acceptors (Lipinski definition) is 12. The van der Waals surface area contributed by atoms with Crippen LogP contribution in [0.4, 0.5) is 0 Å². The second-order valence-electron chi connectivity index (χ2n) is 26.9. The number of aliphatic hydroxyl groups excluding tert-OH is 4. The van der Waals surface area contributed by atoms with Crippen LogP contribution >= 0.6 is 0 Å². The second-order valence-corrected chi connectivity index (χ2v) is 26.9. The number of aliphatic hydroxyl groups is 4. The molecule has 5 aromatic carbocycles. The van der Waals surface area contributed by atoms with Crippen LogP contribution in [0.25, 0.3) is 23.1 Å². The van der Waals surface area contributed by atoms with E-state index in [-0.39, 0.29) is 108 Å². The topological polar surface area (TPSA) is 182 Å². The van der Waals surface area contributed by atoms with E-state index in [0.29, 0.717) is 53.4 Å². The van der Waals surface area contributed by atoms with Gasteiger partial charge < -0.3 is 43.8 Å². The summed E-state index contributed by atoms with van der Waals surface area (Å²) in [6, 6.07) is 36.5. The molecule has 2 saturated carbocycles. The molecule has 4 N–H and O–H groups in total. The number of hydrogen-bond donors (Lipinski definition) is 4. The fourth-order valence-electron chi connectivity index (χ4n) is 18.9. The van der Waals surface area contributed by atoms with E-state index in [1.807, 2.05) is 0 Å². The summed E-state index contributed by atoms with van der Waals surface area (Å²) >= 11 is 0. The fraction of sp³-hybridized carbons (Fsp3) is 0.416. The molecule has 16 rings (SSSR count). The van der Waals surface area contributed by atoms with E-state index in [2.05, 4.69) is 140 Å². The number of fused-ring (bicyclic) bond motifs is 19. The molecule has 0 amide bonds. The van der Waals surface area contributed by atoms with Crippen molar-refractivity contribution >= 4 is 35.1 Å². The van der Waals surface area contributed by atoms with Gasteiger partial charge in [0.05, 0.1) is 25.4 Å². The molecule has 7 aliphatic carbocycles. The lowest BCUT2D eigenvalue weighted by Gasteiger charge is -2.55. The third-order valence-corrected chi connectivity index (χ3v) is 22.8. The molecule has 4 heterocycles. The first-order chi connectivity index (χ1) is 43.6. The van der Waals surface area contributed by atoms with Gasteiger partial charge >= 0.3 is 17.6 Å². The number of carbonyl (C=O) groups excluding carboxylic acids is 2. The van der Waals surface area contributed by atoms with Crippen LogP contribution < -0.4 is 10.4 Å². The smallest absolute Gasteiger partial charge is 0.340 e. The van der Waals surface area contributed by atoms with Gasteiger partial charge in [-0.3, -0.25) is 4.79 Å². The van der Waals surface area contributed by atoms with Crippen molar-refractivity contribution in [3.05, 3.63) is 228 Å². The van der Waals surface area contributed by atoms with Crippen molar-refractivity contribution in [1.82, 2.24) is 0 Å². The van der Waals surface area contributed by atoms with E-state index in [4.69, 9.17) is 23.4 Å². The number of esters is 2. The van der Waals surface area contributed by atoms with E-state index in [1.54, 1.807) is 19.1 Å². The average Bonchev–Trinajstić information content (AvgIpc) is 1.52. The number of carbonyl (C=O) groups is 2. The lowest BCUT2D eigenvalue weighted by molar-refractivity contribution is -0.205. The Bertz CT molecular complexity index is 4000. The Kier molecular flexibility index (Phi) is 15.2. The van der Waals surface area contributed by atoms with Crippen molar-refractivity contribution in [3.8, 4) is 5.75 Å².